The van der Waals surface area contributed by atoms with Gasteiger partial charge in [0, 0.05) is 17.8 Å². The molecular formula is C36H47NO5. The van der Waals surface area contributed by atoms with Crippen LogP contribution in [0.3, 0.4) is 0 Å². The molecule has 2 atom stereocenters. The predicted octanol–water partition coefficient (Wildman–Crippen LogP) is 9.84. The summed E-state index contributed by atoms with van der Waals surface area (Å²) in [6, 6.07) is 19.2. The number of carbonyl (C=O) groups excluding carboxylic acids is 1. The van der Waals surface area contributed by atoms with Crippen molar-refractivity contribution in [1.82, 2.24) is 0 Å². The fourth-order valence-electron chi connectivity index (χ4n) is 4.59. The number of aliphatic imine (C=N–C) groups is 1. The maximum atomic E-state index is 12.6. The van der Waals surface area contributed by atoms with Gasteiger partial charge in [-0.25, -0.2) is 4.79 Å². The highest BCUT2D eigenvalue weighted by Gasteiger charge is 2.12. The zero-order valence-electron chi connectivity index (χ0n) is 25.7. The molecule has 0 aliphatic carbocycles. The van der Waals surface area contributed by atoms with Crippen molar-refractivity contribution in [2.75, 3.05) is 0 Å². The summed E-state index contributed by atoms with van der Waals surface area (Å²) in [6.07, 6.45) is 13.7. The first-order valence-corrected chi connectivity index (χ1v) is 15.5. The van der Waals surface area contributed by atoms with Gasteiger partial charge in [0.1, 0.15) is 23.0 Å². The molecule has 6 nitrogen and oxygen atoms in total. The summed E-state index contributed by atoms with van der Waals surface area (Å²) in [4.78, 5) is 17.1. The smallest absolute Gasteiger partial charge is 0.343 e. The van der Waals surface area contributed by atoms with Crippen LogP contribution in [0.25, 0.3) is 0 Å². The van der Waals surface area contributed by atoms with Gasteiger partial charge in [-0.15, -0.1) is 0 Å². The second-order valence-corrected chi connectivity index (χ2v) is 10.9. The standard InChI is InChI=1S/C36H47NO5/c1-5-7-9-11-13-27(3)40-32-20-15-29(16-21-32)36(39)42-34-22-17-30(35(38)25-34)26-37-31-18-23-33(24-19-31)41-28(4)14-12-10-8-6-2/h15-28,38H,5-14H2,1-4H3/t27-,28-/m1/s1. The Bertz CT molecular complexity index is 1240. The van der Waals surface area contributed by atoms with Crippen LogP contribution in [0.2, 0.25) is 0 Å². The van der Waals surface area contributed by atoms with E-state index in [9.17, 15) is 9.90 Å². The third kappa shape index (κ3) is 11.6. The first kappa shape index (κ1) is 32.7. The molecule has 0 radical (unpaired) electrons. The zero-order chi connectivity index (χ0) is 30.2. The molecule has 3 rings (SSSR count). The Kier molecular flexibility index (Phi) is 13.9. The van der Waals surface area contributed by atoms with Crippen LogP contribution in [0.5, 0.6) is 23.0 Å². The highest BCUT2D eigenvalue weighted by molar-refractivity contribution is 5.91. The summed E-state index contributed by atoms with van der Waals surface area (Å²) in [5.41, 5.74) is 1.66. The van der Waals surface area contributed by atoms with Crippen LogP contribution >= 0.6 is 0 Å². The molecule has 0 aliphatic rings. The third-order valence-electron chi connectivity index (χ3n) is 7.09. The second-order valence-electron chi connectivity index (χ2n) is 10.9. The molecule has 3 aromatic rings. The van der Waals surface area contributed by atoms with Crippen LogP contribution in [0, 0.1) is 0 Å². The second kappa shape index (κ2) is 17.9. The zero-order valence-corrected chi connectivity index (χ0v) is 25.7. The van der Waals surface area contributed by atoms with Crippen molar-refractivity contribution in [3.63, 3.8) is 0 Å². The molecule has 0 amide bonds. The summed E-state index contributed by atoms with van der Waals surface area (Å²) in [7, 11) is 0. The van der Waals surface area contributed by atoms with E-state index >= 15 is 0 Å². The number of nitrogens with zero attached hydrogens (tertiary/aromatic N) is 1. The van der Waals surface area contributed by atoms with Crippen LogP contribution in [-0.4, -0.2) is 29.5 Å². The van der Waals surface area contributed by atoms with Crippen molar-refractivity contribution < 1.29 is 24.1 Å². The summed E-state index contributed by atoms with van der Waals surface area (Å²) in [6.45, 7) is 8.59. The van der Waals surface area contributed by atoms with Crippen LogP contribution in [0.1, 0.15) is 108 Å². The van der Waals surface area contributed by atoms with E-state index in [1.807, 2.05) is 24.3 Å². The summed E-state index contributed by atoms with van der Waals surface area (Å²) in [5.74, 6) is 1.26. The number of phenolic OH excluding ortho intramolecular Hbond substituents is 1. The minimum atomic E-state index is -0.507. The van der Waals surface area contributed by atoms with Gasteiger partial charge in [0.25, 0.3) is 0 Å². The van der Waals surface area contributed by atoms with Gasteiger partial charge in [-0.2, -0.15) is 0 Å². The first-order valence-electron chi connectivity index (χ1n) is 15.5. The number of carbonyl (C=O) groups is 1. The summed E-state index contributed by atoms with van der Waals surface area (Å²) >= 11 is 0. The number of benzene rings is 3. The van der Waals surface area contributed by atoms with E-state index in [4.69, 9.17) is 14.2 Å². The molecule has 0 heterocycles. The maximum absolute atomic E-state index is 12.6. The number of aromatic hydroxyl groups is 1. The number of hydrogen-bond acceptors (Lipinski definition) is 6. The van der Waals surface area contributed by atoms with Crippen LogP contribution in [0.15, 0.2) is 71.7 Å². The van der Waals surface area contributed by atoms with Gasteiger partial charge >= 0.3 is 5.97 Å². The van der Waals surface area contributed by atoms with E-state index < -0.39 is 5.97 Å². The summed E-state index contributed by atoms with van der Waals surface area (Å²) in [5, 5.41) is 10.5. The van der Waals surface area contributed by atoms with Gasteiger partial charge in [-0.05, 0) is 100 Å². The lowest BCUT2D eigenvalue weighted by atomic mass is 10.1. The van der Waals surface area contributed by atoms with Crippen molar-refractivity contribution in [3.05, 3.63) is 77.9 Å². The highest BCUT2D eigenvalue weighted by atomic mass is 16.5. The molecule has 42 heavy (non-hydrogen) atoms. The average Bonchev–Trinajstić information content (AvgIpc) is 2.98. The van der Waals surface area contributed by atoms with Crippen molar-refractivity contribution in [1.29, 1.82) is 0 Å². The SMILES string of the molecule is CCCCCC[C@@H](C)Oc1ccc(N=Cc2ccc(OC(=O)c3ccc(O[C@H](C)CCCCCC)cc3)cc2O)cc1. The van der Waals surface area contributed by atoms with Crippen molar-refractivity contribution in [3.8, 4) is 23.0 Å². The number of rotatable bonds is 18. The number of phenols is 1. The first-order chi connectivity index (χ1) is 20.4. The lowest BCUT2D eigenvalue weighted by Gasteiger charge is -2.15. The molecule has 3 aromatic carbocycles. The predicted molar refractivity (Wildman–Crippen MR) is 171 cm³/mol. The summed E-state index contributed by atoms with van der Waals surface area (Å²) < 4.78 is 17.5. The molecule has 0 saturated carbocycles. The van der Waals surface area contributed by atoms with Crippen molar-refractivity contribution >= 4 is 17.9 Å². The molecule has 0 saturated heterocycles. The number of hydrogen-bond donors (Lipinski definition) is 1. The van der Waals surface area contributed by atoms with Crippen LogP contribution in [0.4, 0.5) is 5.69 Å². The van der Waals surface area contributed by atoms with E-state index in [0.717, 1.165) is 36.4 Å². The molecule has 0 unspecified atom stereocenters. The van der Waals surface area contributed by atoms with Gasteiger partial charge in [-0.1, -0.05) is 52.4 Å². The topological polar surface area (TPSA) is 77.4 Å². The van der Waals surface area contributed by atoms with Crippen LogP contribution in [-0.2, 0) is 0 Å². The van der Waals surface area contributed by atoms with E-state index in [2.05, 4.69) is 32.7 Å². The monoisotopic (exact) mass is 573 g/mol. The highest BCUT2D eigenvalue weighted by Crippen LogP contribution is 2.26. The largest absolute Gasteiger partial charge is 0.507 e. The molecule has 0 aromatic heterocycles. The Morgan fingerprint density at radius 1 is 0.738 bits per heavy atom. The number of ether oxygens (including phenoxy) is 3. The van der Waals surface area contributed by atoms with Gasteiger partial charge in [0.2, 0.25) is 0 Å². The maximum Gasteiger partial charge on any atom is 0.343 e. The van der Waals surface area contributed by atoms with E-state index in [1.54, 1.807) is 42.6 Å². The fraction of sp³-hybridized carbons (Fsp3) is 0.444. The third-order valence-corrected chi connectivity index (χ3v) is 7.09. The minimum Gasteiger partial charge on any atom is -0.507 e. The average molecular weight is 574 g/mol. The molecule has 0 bridgehead atoms. The quantitative estimate of drug-likeness (QED) is 0.0709. The lowest BCUT2D eigenvalue weighted by Crippen LogP contribution is -2.12. The molecule has 0 aliphatic heterocycles. The van der Waals surface area contributed by atoms with Crippen molar-refractivity contribution in [2.24, 2.45) is 4.99 Å². The lowest BCUT2D eigenvalue weighted by molar-refractivity contribution is 0.0734. The fourth-order valence-corrected chi connectivity index (χ4v) is 4.59. The van der Waals surface area contributed by atoms with E-state index in [0.29, 0.717) is 11.1 Å². The van der Waals surface area contributed by atoms with Crippen molar-refractivity contribution in [2.45, 2.75) is 104 Å². The van der Waals surface area contributed by atoms with Crippen LogP contribution < -0.4 is 14.2 Å². The molecule has 6 heteroatoms. The van der Waals surface area contributed by atoms with Gasteiger partial charge < -0.3 is 19.3 Å². The molecule has 0 spiro atoms. The Hall–Kier alpha value is -3.80. The molecular weight excluding hydrogens is 526 g/mol. The Morgan fingerprint density at radius 2 is 1.26 bits per heavy atom. The molecule has 0 fully saturated rings. The Labute approximate surface area is 251 Å². The normalized spacial score (nSPS) is 12.7. The van der Waals surface area contributed by atoms with Gasteiger partial charge in [0.15, 0.2) is 0 Å². The number of unbranched alkanes of at least 4 members (excludes halogenated alkanes) is 6. The van der Waals surface area contributed by atoms with Gasteiger partial charge in [-0.3, -0.25) is 4.99 Å². The Morgan fingerprint density at radius 3 is 1.79 bits per heavy atom. The van der Waals surface area contributed by atoms with E-state index in [-0.39, 0.29) is 23.7 Å². The van der Waals surface area contributed by atoms with Gasteiger partial charge in [0.05, 0.1) is 23.5 Å². The Balaban J connectivity index is 1.48. The number of esters is 1. The molecule has 1 N–H and O–H groups in total. The minimum absolute atomic E-state index is 0.0300. The molecule has 226 valence electrons. The van der Waals surface area contributed by atoms with E-state index in [1.165, 1.54) is 51.0 Å².